The third-order valence-corrected chi connectivity index (χ3v) is 6.42. The third-order valence-electron chi connectivity index (χ3n) is 6.42. The first-order valence-electron chi connectivity index (χ1n) is 12.2. The predicted octanol–water partition coefficient (Wildman–Crippen LogP) is 8.12. The maximum Gasteiger partial charge on any atom is 0.200 e. The summed E-state index contributed by atoms with van der Waals surface area (Å²) in [5.41, 5.74) is 4.87. The van der Waals surface area contributed by atoms with E-state index in [2.05, 4.69) is 95.2 Å². The monoisotopic (exact) mass is 466 g/mol. The molecule has 3 heteroatoms. The van der Waals surface area contributed by atoms with Crippen LogP contribution in [0.4, 0.5) is 0 Å². The van der Waals surface area contributed by atoms with E-state index in [-0.39, 0.29) is 27.4 Å². The minimum Gasteiger partial charge on any atom is -0.496 e. The number of methoxy groups -OCH3 is 2. The molecule has 0 saturated carbocycles. The molecule has 0 spiro atoms. The van der Waals surface area contributed by atoms with Crippen LogP contribution in [0.3, 0.4) is 0 Å². The Morgan fingerprint density at radius 2 is 0.824 bits per heavy atom. The number of ketones is 1. The molecule has 2 aromatic carbocycles. The molecule has 0 unspecified atom stereocenters. The zero-order valence-electron chi connectivity index (χ0n) is 24.0. The molecule has 0 heterocycles. The van der Waals surface area contributed by atoms with Crippen LogP contribution in [0, 0.1) is 0 Å². The van der Waals surface area contributed by atoms with Crippen LogP contribution in [-0.4, -0.2) is 20.0 Å². The van der Waals surface area contributed by atoms with Gasteiger partial charge in [-0.3, -0.25) is 4.79 Å². The van der Waals surface area contributed by atoms with Crippen LogP contribution < -0.4 is 9.47 Å². The fourth-order valence-corrected chi connectivity index (χ4v) is 4.16. The third kappa shape index (κ3) is 5.67. The van der Waals surface area contributed by atoms with Crippen molar-refractivity contribution in [2.24, 2.45) is 0 Å². The van der Waals surface area contributed by atoms with E-state index in [1.807, 2.05) is 12.1 Å². The van der Waals surface area contributed by atoms with Crippen molar-refractivity contribution in [3.05, 3.63) is 57.6 Å². The lowest BCUT2D eigenvalue weighted by atomic mass is 9.76. The van der Waals surface area contributed by atoms with Crippen LogP contribution in [0.25, 0.3) is 0 Å². The smallest absolute Gasteiger partial charge is 0.200 e. The molecule has 0 aliphatic carbocycles. The molecule has 0 aliphatic heterocycles. The Labute approximate surface area is 208 Å². The topological polar surface area (TPSA) is 35.5 Å². The number of ether oxygens (including phenoxy) is 2. The number of benzene rings is 2. The van der Waals surface area contributed by atoms with Crippen LogP contribution in [0.5, 0.6) is 11.5 Å². The first-order valence-corrected chi connectivity index (χ1v) is 12.2. The lowest BCUT2D eigenvalue weighted by Crippen LogP contribution is -2.22. The average Bonchev–Trinajstić information content (AvgIpc) is 2.68. The summed E-state index contributed by atoms with van der Waals surface area (Å²) in [5.74, 6) is 1.22. The van der Waals surface area contributed by atoms with Gasteiger partial charge in [-0.2, -0.15) is 0 Å². The first kappa shape index (κ1) is 28.0. The minimum absolute atomic E-state index is 0.0677. The van der Waals surface area contributed by atoms with Crippen molar-refractivity contribution in [3.63, 3.8) is 0 Å². The lowest BCUT2D eigenvalue weighted by molar-refractivity contribution is 0.103. The van der Waals surface area contributed by atoms with Crippen molar-refractivity contribution in [3.8, 4) is 11.5 Å². The van der Waals surface area contributed by atoms with E-state index >= 15 is 0 Å². The predicted molar refractivity (Wildman–Crippen MR) is 144 cm³/mol. The Hall–Kier alpha value is -2.29. The van der Waals surface area contributed by atoms with Crippen LogP contribution >= 0.6 is 0 Å². The van der Waals surface area contributed by atoms with Crippen molar-refractivity contribution < 1.29 is 14.3 Å². The van der Waals surface area contributed by atoms with Crippen LogP contribution in [0.2, 0.25) is 0 Å². The van der Waals surface area contributed by atoms with Gasteiger partial charge in [-0.1, -0.05) is 95.2 Å². The molecule has 0 fully saturated rings. The van der Waals surface area contributed by atoms with Crippen molar-refractivity contribution in [1.29, 1.82) is 0 Å². The highest BCUT2D eigenvalue weighted by Crippen LogP contribution is 2.43. The van der Waals surface area contributed by atoms with E-state index in [4.69, 9.17) is 9.47 Å². The number of hydrogen-bond donors (Lipinski definition) is 0. The van der Waals surface area contributed by atoms with Gasteiger partial charge in [-0.25, -0.2) is 0 Å². The van der Waals surface area contributed by atoms with Crippen LogP contribution in [0.1, 0.15) is 121 Å². The van der Waals surface area contributed by atoms with Crippen molar-refractivity contribution in [1.82, 2.24) is 0 Å². The van der Waals surface area contributed by atoms with Gasteiger partial charge in [0.05, 0.1) is 25.3 Å². The highest BCUT2D eigenvalue weighted by atomic mass is 16.5. The Morgan fingerprint density at radius 3 is 1.03 bits per heavy atom. The number of hydrogen-bond acceptors (Lipinski definition) is 3. The highest BCUT2D eigenvalue weighted by molar-refractivity contribution is 6.13. The Kier molecular flexibility index (Phi) is 7.45. The van der Waals surface area contributed by atoms with Gasteiger partial charge in [0, 0.05) is 11.1 Å². The van der Waals surface area contributed by atoms with Gasteiger partial charge in [-0.05, 0) is 44.9 Å². The molecule has 188 valence electrons. The van der Waals surface area contributed by atoms with Crippen molar-refractivity contribution >= 4 is 5.78 Å². The average molecular weight is 467 g/mol. The van der Waals surface area contributed by atoms with Gasteiger partial charge in [-0.15, -0.1) is 0 Å². The molecule has 0 radical (unpaired) electrons. The van der Waals surface area contributed by atoms with Crippen molar-refractivity contribution in [2.75, 3.05) is 14.2 Å². The molecule has 2 rings (SSSR count). The fraction of sp³-hybridized carbons (Fsp3) is 0.581. The molecule has 0 saturated heterocycles. The SMILES string of the molecule is COc1c(C(=O)c2cc(C(C)(C)C)cc(C(C)(C)C)c2OC)cc(C(C)(C)C)cc1C(C)(C)C. The second-order valence-electron chi connectivity index (χ2n) is 13.5. The van der Waals surface area contributed by atoms with E-state index in [0.717, 1.165) is 22.3 Å². The Bertz CT molecular complexity index is 977. The normalized spacial score (nSPS) is 13.1. The summed E-state index contributed by atoms with van der Waals surface area (Å²) in [6, 6.07) is 8.41. The second-order valence-corrected chi connectivity index (χ2v) is 13.5. The summed E-state index contributed by atoms with van der Waals surface area (Å²) in [6.07, 6.45) is 0. The Morgan fingerprint density at radius 1 is 0.529 bits per heavy atom. The van der Waals surface area contributed by atoms with Crippen LogP contribution in [0.15, 0.2) is 24.3 Å². The Balaban J connectivity index is 3.01. The molecular weight excluding hydrogens is 420 g/mol. The standard InChI is InChI=1S/C31H46O3/c1-28(2,3)19-15-21(26(33-13)23(17-19)30(7,8)9)25(32)22-16-20(29(4,5)6)18-24(27(22)34-14)31(10,11)12/h15-18H,1-14H3. The van der Waals surface area contributed by atoms with E-state index in [0.29, 0.717) is 22.6 Å². The summed E-state index contributed by atoms with van der Waals surface area (Å²) in [7, 11) is 3.31. The summed E-state index contributed by atoms with van der Waals surface area (Å²) in [4.78, 5) is 14.4. The zero-order valence-corrected chi connectivity index (χ0v) is 24.0. The lowest BCUT2D eigenvalue weighted by Gasteiger charge is -2.30. The molecule has 0 aromatic heterocycles. The number of rotatable bonds is 4. The number of carbonyl (C=O) groups is 1. The van der Waals surface area contributed by atoms with Crippen molar-refractivity contribution in [2.45, 2.75) is 105 Å². The molecule has 0 bridgehead atoms. The first-order chi connectivity index (χ1) is 15.2. The summed E-state index contributed by atoms with van der Waals surface area (Å²) in [6.45, 7) is 26.0. The van der Waals surface area contributed by atoms with E-state index in [1.165, 1.54) is 0 Å². The zero-order chi connectivity index (χ0) is 26.4. The minimum atomic E-state index is -0.185. The molecular formula is C31H46O3. The maximum absolute atomic E-state index is 14.4. The van der Waals surface area contributed by atoms with Gasteiger partial charge in [0.1, 0.15) is 11.5 Å². The fourth-order valence-electron chi connectivity index (χ4n) is 4.16. The molecule has 0 atom stereocenters. The van der Waals surface area contributed by atoms with Crippen LogP contribution in [-0.2, 0) is 21.7 Å². The molecule has 2 aromatic rings. The van der Waals surface area contributed by atoms with E-state index < -0.39 is 0 Å². The molecule has 0 N–H and O–H groups in total. The van der Waals surface area contributed by atoms with Gasteiger partial charge < -0.3 is 9.47 Å². The van der Waals surface area contributed by atoms with E-state index in [1.54, 1.807) is 14.2 Å². The molecule has 0 amide bonds. The van der Waals surface area contributed by atoms with Gasteiger partial charge >= 0.3 is 0 Å². The largest absolute Gasteiger partial charge is 0.496 e. The summed E-state index contributed by atoms with van der Waals surface area (Å²) < 4.78 is 11.8. The number of carbonyl (C=O) groups excluding carboxylic acids is 1. The molecule has 0 aliphatic rings. The van der Waals surface area contributed by atoms with Gasteiger partial charge in [0.25, 0.3) is 0 Å². The van der Waals surface area contributed by atoms with E-state index in [9.17, 15) is 4.79 Å². The maximum atomic E-state index is 14.4. The quantitative estimate of drug-likeness (QED) is 0.427. The highest BCUT2D eigenvalue weighted by Gasteiger charge is 2.32. The van der Waals surface area contributed by atoms with Gasteiger partial charge in [0.15, 0.2) is 0 Å². The second kappa shape index (κ2) is 9.06. The molecule has 3 nitrogen and oxygen atoms in total. The molecule has 34 heavy (non-hydrogen) atoms. The summed E-state index contributed by atoms with van der Waals surface area (Å²) in [5, 5.41) is 0. The summed E-state index contributed by atoms with van der Waals surface area (Å²) >= 11 is 0. The van der Waals surface area contributed by atoms with Gasteiger partial charge in [0.2, 0.25) is 5.78 Å².